The van der Waals surface area contributed by atoms with Crippen LogP contribution in [0.4, 0.5) is 11.4 Å². The summed E-state index contributed by atoms with van der Waals surface area (Å²) in [6.45, 7) is 1.15. The summed E-state index contributed by atoms with van der Waals surface area (Å²) in [4.78, 5) is 37.8. The van der Waals surface area contributed by atoms with Crippen molar-refractivity contribution in [2.45, 2.75) is 31.8 Å². The first kappa shape index (κ1) is 20.7. The summed E-state index contributed by atoms with van der Waals surface area (Å²) in [6, 6.07) is 15.8. The van der Waals surface area contributed by atoms with Crippen LogP contribution in [0.5, 0.6) is 0 Å². The highest BCUT2D eigenvalue weighted by molar-refractivity contribution is 6.44. The van der Waals surface area contributed by atoms with Crippen LogP contribution < -0.4 is 15.6 Å². The van der Waals surface area contributed by atoms with Crippen LogP contribution in [0.2, 0.25) is 0 Å². The monoisotopic (exact) mass is 420 g/mol. The third-order valence-corrected chi connectivity index (χ3v) is 5.23. The summed E-state index contributed by atoms with van der Waals surface area (Å²) in [5, 5.41) is 11.2. The number of amides is 3. The summed E-state index contributed by atoms with van der Waals surface area (Å²) < 4.78 is 5.54. The van der Waals surface area contributed by atoms with Gasteiger partial charge in [0.25, 0.3) is 11.8 Å². The van der Waals surface area contributed by atoms with Gasteiger partial charge in [0.15, 0.2) is 0 Å². The van der Waals surface area contributed by atoms with Crippen molar-refractivity contribution in [3.05, 3.63) is 60.2 Å². The molecule has 0 bridgehead atoms. The number of hydrogen-bond acceptors (Lipinski definition) is 5. The summed E-state index contributed by atoms with van der Waals surface area (Å²) in [5.41, 5.74) is 1.59. The SMILES string of the molecule is O=C(Nc1ccccc1C(=O)NCC1CCCO1)C1=NN(c2ccccc2)C(=O)CC1. The van der Waals surface area contributed by atoms with Crippen LogP contribution in [-0.2, 0) is 14.3 Å². The average Bonchev–Trinajstić information content (AvgIpc) is 3.32. The fraction of sp³-hybridized carbons (Fsp3) is 0.304. The van der Waals surface area contributed by atoms with E-state index in [4.69, 9.17) is 4.74 Å². The molecule has 2 heterocycles. The van der Waals surface area contributed by atoms with Crippen LogP contribution in [0.15, 0.2) is 59.7 Å². The van der Waals surface area contributed by atoms with Gasteiger partial charge in [-0.1, -0.05) is 30.3 Å². The van der Waals surface area contributed by atoms with Crippen LogP contribution in [0.3, 0.4) is 0 Å². The van der Waals surface area contributed by atoms with E-state index in [-0.39, 0.29) is 36.5 Å². The minimum atomic E-state index is -0.437. The zero-order valence-electron chi connectivity index (χ0n) is 17.0. The normalized spacial score (nSPS) is 18.5. The Hall–Kier alpha value is -3.52. The molecule has 1 fully saturated rings. The van der Waals surface area contributed by atoms with Gasteiger partial charge in [-0.05, 0) is 37.1 Å². The molecule has 2 aliphatic rings. The van der Waals surface area contributed by atoms with E-state index < -0.39 is 5.91 Å². The van der Waals surface area contributed by atoms with E-state index in [2.05, 4.69) is 15.7 Å². The number of carbonyl (C=O) groups excluding carboxylic acids is 3. The molecule has 8 nitrogen and oxygen atoms in total. The van der Waals surface area contributed by atoms with Gasteiger partial charge in [0.05, 0.1) is 23.0 Å². The molecule has 4 rings (SSSR count). The van der Waals surface area contributed by atoms with Gasteiger partial charge in [0.2, 0.25) is 5.91 Å². The summed E-state index contributed by atoms with van der Waals surface area (Å²) in [6.07, 6.45) is 2.38. The third kappa shape index (κ3) is 4.97. The topological polar surface area (TPSA) is 100 Å². The number of hydrogen-bond donors (Lipinski definition) is 2. The summed E-state index contributed by atoms with van der Waals surface area (Å²) >= 11 is 0. The maximum Gasteiger partial charge on any atom is 0.271 e. The molecule has 160 valence electrons. The number of ether oxygens (including phenoxy) is 1. The number of rotatable bonds is 6. The molecule has 31 heavy (non-hydrogen) atoms. The fourth-order valence-electron chi connectivity index (χ4n) is 3.58. The Labute approximate surface area is 180 Å². The maximum absolute atomic E-state index is 12.9. The standard InChI is InChI=1S/C23H24N4O4/c28-21-13-12-20(26-27(21)16-7-2-1-3-8-16)23(30)25-19-11-5-4-10-18(19)22(29)24-15-17-9-6-14-31-17/h1-5,7-8,10-11,17H,6,9,12-15H2,(H,24,29)(H,25,30). The summed E-state index contributed by atoms with van der Waals surface area (Å²) in [5.74, 6) is -0.887. The minimum Gasteiger partial charge on any atom is -0.376 e. The predicted octanol–water partition coefficient (Wildman–Crippen LogP) is 2.72. The number of para-hydroxylation sites is 2. The highest BCUT2D eigenvalue weighted by Crippen LogP contribution is 2.21. The predicted molar refractivity (Wildman–Crippen MR) is 117 cm³/mol. The van der Waals surface area contributed by atoms with E-state index >= 15 is 0 Å². The molecule has 1 unspecified atom stereocenters. The van der Waals surface area contributed by atoms with E-state index in [0.29, 0.717) is 23.5 Å². The molecule has 0 spiro atoms. The van der Waals surface area contributed by atoms with E-state index in [1.165, 1.54) is 5.01 Å². The molecule has 3 amide bonds. The van der Waals surface area contributed by atoms with Gasteiger partial charge in [-0.3, -0.25) is 14.4 Å². The Morgan fingerprint density at radius 1 is 1.03 bits per heavy atom. The van der Waals surface area contributed by atoms with Gasteiger partial charge < -0.3 is 15.4 Å². The molecule has 0 aromatic heterocycles. The van der Waals surface area contributed by atoms with Gasteiger partial charge >= 0.3 is 0 Å². The quantitative estimate of drug-likeness (QED) is 0.750. The molecule has 0 aliphatic carbocycles. The van der Waals surface area contributed by atoms with Crippen molar-refractivity contribution in [2.75, 3.05) is 23.5 Å². The van der Waals surface area contributed by atoms with Gasteiger partial charge in [0.1, 0.15) is 5.71 Å². The Morgan fingerprint density at radius 3 is 2.58 bits per heavy atom. The lowest BCUT2D eigenvalue weighted by molar-refractivity contribution is -0.118. The van der Waals surface area contributed by atoms with Crippen LogP contribution in [0.25, 0.3) is 0 Å². The number of carbonyl (C=O) groups is 3. The first-order chi connectivity index (χ1) is 15.1. The number of hydrazone groups is 1. The first-order valence-electron chi connectivity index (χ1n) is 10.4. The molecule has 2 N–H and O–H groups in total. The highest BCUT2D eigenvalue weighted by atomic mass is 16.5. The molecule has 8 heteroatoms. The van der Waals surface area contributed by atoms with Crippen molar-refractivity contribution in [3.8, 4) is 0 Å². The third-order valence-electron chi connectivity index (χ3n) is 5.23. The van der Waals surface area contributed by atoms with Crippen molar-refractivity contribution < 1.29 is 19.1 Å². The van der Waals surface area contributed by atoms with Crippen molar-refractivity contribution in [2.24, 2.45) is 5.10 Å². The largest absolute Gasteiger partial charge is 0.376 e. The van der Waals surface area contributed by atoms with Crippen molar-refractivity contribution in [1.82, 2.24) is 5.32 Å². The fourth-order valence-corrected chi connectivity index (χ4v) is 3.58. The zero-order chi connectivity index (χ0) is 21.6. The van der Waals surface area contributed by atoms with E-state index in [0.717, 1.165) is 19.4 Å². The Kier molecular flexibility index (Phi) is 6.37. The van der Waals surface area contributed by atoms with Crippen molar-refractivity contribution >= 4 is 34.8 Å². The number of nitrogens with one attached hydrogen (secondary N) is 2. The van der Waals surface area contributed by atoms with Crippen LogP contribution in [0.1, 0.15) is 36.0 Å². The second kappa shape index (κ2) is 9.53. The number of anilines is 2. The molecule has 0 saturated carbocycles. The minimum absolute atomic E-state index is 0.0313. The zero-order valence-corrected chi connectivity index (χ0v) is 17.0. The van der Waals surface area contributed by atoms with E-state index in [9.17, 15) is 14.4 Å². The molecule has 1 atom stereocenters. The van der Waals surface area contributed by atoms with Crippen molar-refractivity contribution in [3.63, 3.8) is 0 Å². The molecule has 2 aromatic carbocycles. The van der Waals surface area contributed by atoms with E-state index in [1.54, 1.807) is 48.5 Å². The molecule has 2 aromatic rings. The molecule has 0 radical (unpaired) electrons. The van der Waals surface area contributed by atoms with Gasteiger partial charge in [0, 0.05) is 26.0 Å². The van der Waals surface area contributed by atoms with Gasteiger partial charge in [-0.2, -0.15) is 5.10 Å². The second-order valence-corrected chi connectivity index (χ2v) is 7.43. The number of nitrogens with zero attached hydrogens (tertiary/aromatic N) is 2. The Morgan fingerprint density at radius 2 is 1.81 bits per heavy atom. The number of benzene rings is 2. The van der Waals surface area contributed by atoms with Crippen LogP contribution in [-0.4, -0.2) is 42.7 Å². The second-order valence-electron chi connectivity index (χ2n) is 7.43. The average molecular weight is 420 g/mol. The highest BCUT2D eigenvalue weighted by Gasteiger charge is 2.26. The molecular formula is C23H24N4O4. The van der Waals surface area contributed by atoms with Crippen LogP contribution >= 0.6 is 0 Å². The van der Waals surface area contributed by atoms with Gasteiger partial charge in [-0.15, -0.1) is 0 Å². The molecule has 1 saturated heterocycles. The lowest BCUT2D eigenvalue weighted by atomic mass is 10.1. The maximum atomic E-state index is 12.9. The molecule has 2 aliphatic heterocycles. The lowest BCUT2D eigenvalue weighted by Crippen LogP contribution is -2.37. The molecular weight excluding hydrogens is 396 g/mol. The van der Waals surface area contributed by atoms with Crippen LogP contribution in [0, 0.1) is 0 Å². The first-order valence-corrected chi connectivity index (χ1v) is 10.4. The van der Waals surface area contributed by atoms with Gasteiger partial charge in [-0.25, -0.2) is 5.01 Å². The van der Waals surface area contributed by atoms with E-state index in [1.807, 2.05) is 6.07 Å². The lowest BCUT2D eigenvalue weighted by Gasteiger charge is -2.23. The smallest absolute Gasteiger partial charge is 0.271 e. The van der Waals surface area contributed by atoms with Crippen molar-refractivity contribution in [1.29, 1.82) is 0 Å². The Bertz CT molecular complexity index is 1000. The summed E-state index contributed by atoms with van der Waals surface area (Å²) in [7, 11) is 0. The Balaban J connectivity index is 1.47.